The molecule has 0 saturated heterocycles. The summed E-state index contributed by atoms with van der Waals surface area (Å²) in [6.07, 6.45) is 1.77. The summed E-state index contributed by atoms with van der Waals surface area (Å²) in [5.41, 5.74) is 4.70. The standard InChI is InChI=1S/C22H21ClN4OS/c1-5-27(4)13-25-19-11-18(23)20(10-15(19)3)28-22-17(12-24)21(26-29-22)16-9-7-6-8-14(16)2/h6-11,13H,5H2,1-4H3/b25-13-. The molecule has 1 heterocycles. The van der Waals surface area contributed by atoms with Gasteiger partial charge in [-0.2, -0.15) is 9.64 Å². The molecule has 0 saturated carbocycles. The summed E-state index contributed by atoms with van der Waals surface area (Å²) >= 11 is 7.58. The molecule has 0 amide bonds. The molecule has 0 radical (unpaired) electrons. The Bertz CT molecular complexity index is 1100. The van der Waals surface area contributed by atoms with Crippen molar-refractivity contribution in [3.63, 3.8) is 0 Å². The topological polar surface area (TPSA) is 61.5 Å². The Kier molecular flexibility index (Phi) is 6.53. The van der Waals surface area contributed by atoms with Gasteiger partial charge in [0, 0.05) is 30.7 Å². The van der Waals surface area contributed by atoms with E-state index in [9.17, 15) is 5.26 Å². The number of aryl methyl sites for hydroxylation is 2. The van der Waals surface area contributed by atoms with Gasteiger partial charge in [-0.3, -0.25) is 0 Å². The van der Waals surface area contributed by atoms with Crippen molar-refractivity contribution in [2.24, 2.45) is 4.99 Å². The highest BCUT2D eigenvalue weighted by molar-refractivity contribution is 7.08. The number of aromatic nitrogens is 1. The molecule has 0 bridgehead atoms. The van der Waals surface area contributed by atoms with Gasteiger partial charge in [-0.15, -0.1) is 0 Å². The van der Waals surface area contributed by atoms with Crippen LogP contribution in [0.25, 0.3) is 11.3 Å². The summed E-state index contributed by atoms with van der Waals surface area (Å²) in [5.74, 6) is 0.475. The zero-order valence-electron chi connectivity index (χ0n) is 16.7. The minimum atomic E-state index is 0.407. The summed E-state index contributed by atoms with van der Waals surface area (Å²) in [6, 6.07) is 13.6. The Labute approximate surface area is 180 Å². The van der Waals surface area contributed by atoms with Gasteiger partial charge in [-0.1, -0.05) is 35.9 Å². The second-order valence-electron chi connectivity index (χ2n) is 6.61. The quantitative estimate of drug-likeness (QED) is 0.341. The summed E-state index contributed by atoms with van der Waals surface area (Å²) in [4.78, 5) is 6.45. The van der Waals surface area contributed by atoms with Crippen molar-refractivity contribution in [1.29, 1.82) is 5.26 Å². The Balaban J connectivity index is 1.93. The lowest BCUT2D eigenvalue weighted by atomic mass is 10.0. The van der Waals surface area contributed by atoms with Crippen molar-refractivity contribution in [3.05, 3.63) is 58.1 Å². The van der Waals surface area contributed by atoms with Crippen LogP contribution in [-0.4, -0.2) is 29.2 Å². The normalized spacial score (nSPS) is 10.9. The smallest absolute Gasteiger partial charge is 0.218 e. The molecule has 148 valence electrons. The van der Waals surface area contributed by atoms with Crippen LogP contribution in [0.2, 0.25) is 5.02 Å². The van der Waals surface area contributed by atoms with Crippen LogP contribution in [0.4, 0.5) is 5.69 Å². The predicted molar refractivity (Wildman–Crippen MR) is 120 cm³/mol. The molecule has 2 aromatic carbocycles. The highest BCUT2D eigenvalue weighted by Gasteiger charge is 2.19. The van der Waals surface area contributed by atoms with Crippen LogP contribution >= 0.6 is 23.1 Å². The summed E-state index contributed by atoms with van der Waals surface area (Å²) < 4.78 is 10.5. The molecule has 29 heavy (non-hydrogen) atoms. The van der Waals surface area contributed by atoms with Gasteiger partial charge in [0.25, 0.3) is 0 Å². The van der Waals surface area contributed by atoms with Crippen LogP contribution in [-0.2, 0) is 0 Å². The van der Waals surface area contributed by atoms with Crippen molar-refractivity contribution >= 4 is 35.2 Å². The van der Waals surface area contributed by atoms with E-state index < -0.39 is 0 Å². The van der Waals surface area contributed by atoms with Crippen molar-refractivity contribution in [2.45, 2.75) is 20.8 Å². The van der Waals surface area contributed by atoms with E-state index in [4.69, 9.17) is 16.3 Å². The van der Waals surface area contributed by atoms with Gasteiger partial charge in [0.15, 0.2) is 0 Å². The third-order valence-corrected chi connectivity index (χ3v) is 5.54. The molecule has 5 nitrogen and oxygen atoms in total. The van der Waals surface area contributed by atoms with Gasteiger partial charge in [0.1, 0.15) is 23.1 Å². The number of benzene rings is 2. The fourth-order valence-electron chi connectivity index (χ4n) is 2.67. The molecule has 0 fully saturated rings. The highest BCUT2D eigenvalue weighted by Crippen LogP contribution is 2.41. The lowest BCUT2D eigenvalue weighted by Gasteiger charge is -2.11. The van der Waals surface area contributed by atoms with Crippen LogP contribution in [0.15, 0.2) is 41.4 Å². The first-order valence-electron chi connectivity index (χ1n) is 9.12. The van der Waals surface area contributed by atoms with Crippen molar-refractivity contribution in [2.75, 3.05) is 13.6 Å². The first kappa shape index (κ1) is 20.8. The number of nitrogens with zero attached hydrogens (tertiary/aromatic N) is 4. The van der Waals surface area contributed by atoms with E-state index in [1.165, 1.54) is 0 Å². The molecule has 0 atom stereocenters. The Morgan fingerprint density at radius 1 is 1.28 bits per heavy atom. The first-order valence-corrected chi connectivity index (χ1v) is 10.3. The molecule has 3 rings (SSSR count). The minimum Gasteiger partial charge on any atom is -0.442 e. The third kappa shape index (κ3) is 4.58. The van der Waals surface area contributed by atoms with E-state index in [1.807, 2.05) is 56.1 Å². The molecule has 0 N–H and O–H groups in total. The van der Waals surface area contributed by atoms with Gasteiger partial charge in [0.05, 0.1) is 17.0 Å². The fourth-order valence-corrected chi connectivity index (χ4v) is 3.59. The Hall–Kier alpha value is -2.88. The first-order chi connectivity index (χ1) is 13.9. The molecule has 0 unspecified atom stereocenters. The zero-order valence-corrected chi connectivity index (χ0v) is 18.3. The average Bonchev–Trinajstić information content (AvgIpc) is 3.11. The van der Waals surface area contributed by atoms with Gasteiger partial charge >= 0.3 is 0 Å². The molecule has 7 heteroatoms. The number of hydrogen-bond donors (Lipinski definition) is 0. The monoisotopic (exact) mass is 424 g/mol. The average molecular weight is 425 g/mol. The highest BCUT2D eigenvalue weighted by atomic mass is 35.5. The maximum absolute atomic E-state index is 9.71. The Morgan fingerprint density at radius 3 is 2.72 bits per heavy atom. The Morgan fingerprint density at radius 2 is 2.03 bits per heavy atom. The van der Waals surface area contributed by atoms with Crippen LogP contribution in [0, 0.1) is 25.2 Å². The van der Waals surface area contributed by atoms with E-state index in [-0.39, 0.29) is 0 Å². The van der Waals surface area contributed by atoms with E-state index in [0.29, 0.717) is 27.1 Å². The summed E-state index contributed by atoms with van der Waals surface area (Å²) in [7, 11) is 1.96. The second kappa shape index (κ2) is 9.08. The SMILES string of the molecule is CCN(C)/C=N\c1cc(Cl)c(Oc2snc(-c3ccccc3C)c2C#N)cc1C. The number of ether oxygens (including phenoxy) is 1. The number of halogens is 1. The number of rotatable bonds is 6. The van der Waals surface area contributed by atoms with Crippen LogP contribution in [0.1, 0.15) is 23.6 Å². The van der Waals surface area contributed by atoms with Gasteiger partial charge < -0.3 is 9.64 Å². The van der Waals surface area contributed by atoms with E-state index in [0.717, 1.165) is 40.5 Å². The summed E-state index contributed by atoms with van der Waals surface area (Å²) in [6.45, 7) is 6.85. The molecule has 3 aromatic rings. The lowest BCUT2D eigenvalue weighted by molar-refractivity contribution is 0.495. The van der Waals surface area contributed by atoms with Crippen LogP contribution in [0.3, 0.4) is 0 Å². The minimum absolute atomic E-state index is 0.407. The lowest BCUT2D eigenvalue weighted by Crippen LogP contribution is -2.14. The summed E-state index contributed by atoms with van der Waals surface area (Å²) in [5, 5.41) is 10.6. The van der Waals surface area contributed by atoms with Crippen LogP contribution in [0.5, 0.6) is 10.8 Å². The second-order valence-corrected chi connectivity index (χ2v) is 7.75. The van der Waals surface area contributed by atoms with Crippen molar-refractivity contribution in [1.82, 2.24) is 9.27 Å². The predicted octanol–water partition coefficient (Wildman–Crippen LogP) is 6.36. The molecule has 0 spiro atoms. The maximum Gasteiger partial charge on any atom is 0.218 e. The van der Waals surface area contributed by atoms with Crippen molar-refractivity contribution < 1.29 is 4.74 Å². The van der Waals surface area contributed by atoms with Crippen molar-refractivity contribution in [3.8, 4) is 28.1 Å². The van der Waals surface area contributed by atoms with Gasteiger partial charge in [0.2, 0.25) is 5.06 Å². The number of aliphatic imine (C=N–C) groups is 1. The molecule has 1 aromatic heterocycles. The molecule has 0 aliphatic rings. The van der Waals surface area contributed by atoms with E-state index in [1.54, 1.807) is 12.4 Å². The largest absolute Gasteiger partial charge is 0.442 e. The molecule has 0 aliphatic heterocycles. The molecular formula is C22H21ClN4OS. The van der Waals surface area contributed by atoms with E-state index in [2.05, 4.69) is 22.4 Å². The maximum atomic E-state index is 9.71. The zero-order chi connectivity index (χ0) is 21.0. The fraction of sp³-hybridized carbons (Fsp3) is 0.227. The number of hydrogen-bond acceptors (Lipinski definition) is 5. The third-order valence-electron chi connectivity index (χ3n) is 4.52. The molecular weight excluding hydrogens is 404 g/mol. The number of nitriles is 1. The van der Waals surface area contributed by atoms with Crippen LogP contribution < -0.4 is 4.74 Å². The van der Waals surface area contributed by atoms with Gasteiger partial charge in [-0.05, 0) is 44.0 Å². The van der Waals surface area contributed by atoms with Gasteiger partial charge in [-0.25, -0.2) is 4.99 Å². The molecule has 0 aliphatic carbocycles. The van der Waals surface area contributed by atoms with E-state index >= 15 is 0 Å².